The van der Waals surface area contributed by atoms with Crippen LogP contribution in [0, 0.1) is 40.4 Å². The number of methoxy groups -OCH3 is 2. The van der Waals surface area contributed by atoms with Crippen molar-refractivity contribution in [3.63, 3.8) is 0 Å². The molecule has 3 fully saturated rings. The van der Waals surface area contributed by atoms with Crippen molar-refractivity contribution < 1.29 is 18.9 Å². The molecular weight excluding hydrogens is 504 g/mol. The lowest BCUT2D eigenvalue weighted by Crippen LogP contribution is -2.56. The third-order valence-corrected chi connectivity index (χ3v) is 11.6. The van der Waals surface area contributed by atoms with Crippen molar-refractivity contribution in [1.29, 1.82) is 0 Å². The molecule has 0 aliphatic heterocycles. The Morgan fingerprint density at radius 2 is 1.77 bits per heavy atom. The molecular formula is C30H51BrO4. The Bertz CT molecular complexity index is 712. The lowest BCUT2D eigenvalue weighted by Gasteiger charge is -2.60. The van der Waals surface area contributed by atoms with Gasteiger partial charge >= 0.3 is 0 Å². The Hall–Kier alpha value is 0.0600. The second kappa shape index (κ2) is 12.3. The van der Waals surface area contributed by atoms with Crippen LogP contribution in [0.5, 0.6) is 0 Å². The van der Waals surface area contributed by atoms with Gasteiger partial charge in [0.1, 0.15) is 13.6 Å². The molecule has 4 nitrogen and oxygen atoms in total. The minimum atomic E-state index is 0.0924. The highest BCUT2D eigenvalue weighted by atomic mass is 79.9. The lowest BCUT2D eigenvalue weighted by molar-refractivity contribution is -0.179. The van der Waals surface area contributed by atoms with Crippen LogP contribution in [-0.2, 0) is 18.9 Å². The zero-order valence-electron chi connectivity index (χ0n) is 23.0. The molecule has 5 heteroatoms. The molecule has 0 N–H and O–H groups in total. The van der Waals surface area contributed by atoms with E-state index in [0.717, 1.165) is 41.8 Å². The molecule has 0 bridgehead atoms. The average molecular weight is 556 g/mol. The Morgan fingerprint density at radius 3 is 2.51 bits per heavy atom. The fourth-order valence-electron chi connectivity index (χ4n) is 9.25. The maximum atomic E-state index is 6.44. The summed E-state index contributed by atoms with van der Waals surface area (Å²) in [5.41, 5.74) is 2.18. The first-order valence-corrected chi connectivity index (χ1v) is 15.5. The van der Waals surface area contributed by atoms with Gasteiger partial charge in [-0.1, -0.05) is 67.6 Å². The summed E-state index contributed by atoms with van der Waals surface area (Å²) >= 11 is 3.60. The third kappa shape index (κ3) is 5.46. The third-order valence-electron chi connectivity index (χ3n) is 11.0. The molecule has 0 aromatic rings. The van der Waals surface area contributed by atoms with Crippen LogP contribution in [0.2, 0.25) is 0 Å². The number of hydrogen-bond donors (Lipinski definition) is 0. The highest BCUT2D eigenvalue weighted by molar-refractivity contribution is 9.09. The molecule has 0 heterocycles. The van der Waals surface area contributed by atoms with Crippen molar-refractivity contribution in [3.8, 4) is 0 Å². The summed E-state index contributed by atoms with van der Waals surface area (Å²) in [6.45, 7) is 8.47. The summed E-state index contributed by atoms with van der Waals surface area (Å²) in [6.07, 6.45) is 17.2. The van der Waals surface area contributed by atoms with Gasteiger partial charge in [0, 0.05) is 31.4 Å². The van der Waals surface area contributed by atoms with Crippen molar-refractivity contribution in [2.75, 3.05) is 33.1 Å². The second-order valence-corrected chi connectivity index (χ2v) is 13.4. The predicted octanol–water partition coefficient (Wildman–Crippen LogP) is 7.74. The first-order chi connectivity index (χ1) is 16.9. The van der Waals surface area contributed by atoms with Crippen LogP contribution in [0.1, 0.15) is 91.4 Å². The van der Waals surface area contributed by atoms with Gasteiger partial charge in [-0.25, -0.2) is 0 Å². The Labute approximate surface area is 223 Å². The molecule has 0 aromatic heterocycles. The Kier molecular flexibility index (Phi) is 9.85. The number of allylic oxidation sites excluding steroid dienone is 1. The zero-order valence-corrected chi connectivity index (χ0v) is 24.6. The summed E-state index contributed by atoms with van der Waals surface area (Å²) in [6, 6.07) is 0. The standard InChI is InChI=1S/C30H51BrO4/c1-21(9-7-6-8-16-31)25-12-13-26-24-11-10-22-17-23(34-19-32-4)18-28(35-20-33-5)30(22,3)27(24)14-15-29(25,26)2/h10,21,23-28H,6-9,11-20H2,1-5H3/t21-,23-,24+,25-,26+,27+,28+,29-,30+/m1/s1. The van der Waals surface area contributed by atoms with E-state index in [-0.39, 0.29) is 17.6 Å². The van der Waals surface area contributed by atoms with Crippen LogP contribution >= 0.6 is 15.9 Å². The molecule has 0 spiro atoms. The summed E-state index contributed by atoms with van der Waals surface area (Å²) < 4.78 is 23.1. The molecule has 0 unspecified atom stereocenters. The summed E-state index contributed by atoms with van der Waals surface area (Å²) in [5, 5.41) is 1.15. The molecule has 0 saturated heterocycles. The SMILES string of the molecule is COCO[C@@H]1CC2=CC[C@H]3[C@@H]4CC[C@H]([C@H](C)CCCCCBr)[C@@]4(C)CC[C@@H]3[C@@]2(C)[C@@H](OCOC)C1. The topological polar surface area (TPSA) is 36.9 Å². The van der Waals surface area contributed by atoms with E-state index in [1.807, 2.05) is 0 Å². The predicted molar refractivity (Wildman–Crippen MR) is 145 cm³/mol. The fourth-order valence-corrected chi connectivity index (χ4v) is 9.65. The molecule has 4 aliphatic rings. The van der Waals surface area contributed by atoms with Crippen LogP contribution in [0.25, 0.3) is 0 Å². The number of unbranched alkanes of at least 4 members (excludes halogenated alkanes) is 2. The average Bonchev–Trinajstić information content (AvgIpc) is 3.21. The molecule has 3 saturated carbocycles. The fraction of sp³-hybridized carbons (Fsp3) is 0.933. The molecule has 202 valence electrons. The van der Waals surface area contributed by atoms with E-state index < -0.39 is 0 Å². The number of rotatable bonds is 12. The molecule has 9 atom stereocenters. The Morgan fingerprint density at radius 1 is 1.00 bits per heavy atom. The van der Waals surface area contributed by atoms with E-state index in [9.17, 15) is 0 Å². The first-order valence-electron chi connectivity index (χ1n) is 14.4. The van der Waals surface area contributed by atoms with Crippen molar-refractivity contribution in [2.24, 2.45) is 40.4 Å². The number of halogens is 1. The summed E-state index contributed by atoms with van der Waals surface area (Å²) in [5.74, 6) is 4.11. The van der Waals surface area contributed by atoms with Crippen molar-refractivity contribution in [3.05, 3.63) is 11.6 Å². The van der Waals surface area contributed by atoms with E-state index in [2.05, 4.69) is 42.8 Å². The molecule has 0 radical (unpaired) electrons. The summed E-state index contributed by atoms with van der Waals surface area (Å²) in [7, 11) is 3.44. The molecule has 4 rings (SSSR count). The van der Waals surface area contributed by atoms with Crippen LogP contribution in [0.4, 0.5) is 0 Å². The van der Waals surface area contributed by atoms with Gasteiger partial charge in [0.25, 0.3) is 0 Å². The van der Waals surface area contributed by atoms with Crippen LogP contribution in [-0.4, -0.2) is 45.3 Å². The minimum absolute atomic E-state index is 0.0924. The normalized spacial score (nSPS) is 41.6. The van der Waals surface area contributed by atoms with Crippen LogP contribution in [0.3, 0.4) is 0 Å². The zero-order chi connectivity index (χ0) is 25.1. The lowest BCUT2D eigenvalue weighted by atomic mass is 9.46. The summed E-state index contributed by atoms with van der Waals surface area (Å²) in [4.78, 5) is 0. The first kappa shape index (κ1) is 28.1. The molecule has 35 heavy (non-hydrogen) atoms. The highest BCUT2D eigenvalue weighted by Gasteiger charge is 2.61. The second-order valence-electron chi connectivity index (χ2n) is 12.6. The van der Waals surface area contributed by atoms with Gasteiger partial charge in [-0.15, -0.1) is 0 Å². The number of fused-ring (bicyclic) bond motifs is 5. The van der Waals surface area contributed by atoms with Gasteiger partial charge in [0.05, 0.1) is 12.2 Å². The van der Waals surface area contributed by atoms with E-state index in [4.69, 9.17) is 18.9 Å². The maximum Gasteiger partial charge on any atom is 0.146 e. The largest absolute Gasteiger partial charge is 0.359 e. The molecule has 0 amide bonds. The smallest absolute Gasteiger partial charge is 0.146 e. The number of ether oxygens (including phenoxy) is 4. The molecule has 0 aromatic carbocycles. The van der Waals surface area contributed by atoms with Gasteiger partial charge in [0.15, 0.2) is 0 Å². The van der Waals surface area contributed by atoms with Crippen LogP contribution in [0.15, 0.2) is 11.6 Å². The van der Waals surface area contributed by atoms with Gasteiger partial charge in [0.2, 0.25) is 0 Å². The quantitative estimate of drug-likeness (QED) is 0.107. The molecule has 4 aliphatic carbocycles. The van der Waals surface area contributed by atoms with Gasteiger partial charge in [-0.3, -0.25) is 0 Å². The van der Waals surface area contributed by atoms with Crippen molar-refractivity contribution in [2.45, 2.75) is 104 Å². The van der Waals surface area contributed by atoms with Crippen molar-refractivity contribution in [1.82, 2.24) is 0 Å². The van der Waals surface area contributed by atoms with Gasteiger partial charge in [-0.05, 0) is 80.0 Å². The monoisotopic (exact) mass is 554 g/mol. The van der Waals surface area contributed by atoms with Gasteiger partial charge < -0.3 is 18.9 Å². The van der Waals surface area contributed by atoms with Gasteiger partial charge in [-0.2, -0.15) is 0 Å². The minimum Gasteiger partial charge on any atom is -0.359 e. The van der Waals surface area contributed by atoms with E-state index in [1.54, 1.807) is 19.8 Å². The highest BCUT2D eigenvalue weighted by Crippen LogP contribution is 2.67. The van der Waals surface area contributed by atoms with E-state index >= 15 is 0 Å². The number of hydrogen-bond acceptors (Lipinski definition) is 4. The number of alkyl halides is 1. The van der Waals surface area contributed by atoms with E-state index in [1.165, 1.54) is 57.8 Å². The van der Waals surface area contributed by atoms with E-state index in [0.29, 0.717) is 24.9 Å². The Balaban J connectivity index is 1.51. The maximum absolute atomic E-state index is 6.44. The van der Waals surface area contributed by atoms with Crippen LogP contribution < -0.4 is 0 Å². The van der Waals surface area contributed by atoms with Crippen molar-refractivity contribution >= 4 is 15.9 Å².